The van der Waals surface area contributed by atoms with E-state index in [1.807, 2.05) is 6.07 Å². The third-order valence-electron chi connectivity index (χ3n) is 3.57. The first-order valence-electron chi connectivity index (χ1n) is 6.65. The highest BCUT2D eigenvalue weighted by molar-refractivity contribution is 6.03. The molecule has 22 heavy (non-hydrogen) atoms. The average Bonchev–Trinajstić information content (AvgIpc) is 2.88. The standard InChI is InChI=1S/C17H10FNO3/c18-11-5-10(8-19)6-12(7-11)22-17-4-2-14-13(15(17)9-20)1-3-16(14)21/h2,4-7,9H,1,3H2. The monoisotopic (exact) mass is 295 g/mol. The normalized spacial score (nSPS) is 12.6. The predicted molar refractivity (Wildman–Crippen MR) is 75.7 cm³/mol. The van der Waals surface area contributed by atoms with Gasteiger partial charge in [-0.3, -0.25) is 9.59 Å². The Labute approximate surface area is 125 Å². The molecule has 0 aliphatic heterocycles. The number of aldehydes is 1. The summed E-state index contributed by atoms with van der Waals surface area (Å²) in [7, 11) is 0. The Morgan fingerprint density at radius 3 is 2.77 bits per heavy atom. The molecule has 2 aromatic rings. The van der Waals surface area contributed by atoms with E-state index in [0.29, 0.717) is 35.8 Å². The van der Waals surface area contributed by atoms with Gasteiger partial charge in [-0.1, -0.05) is 0 Å². The zero-order valence-corrected chi connectivity index (χ0v) is 11.4. The zero-order valence-electron chi connectivity index (χ0n) is 11.4. The smallest absolute Gasteiger partial charge is 0.163 e. The fourth-order valence-corrected chi connectivity index (χ4v) is 2.58. The van der Waals surface area contributed by atoms with Crippen LogP contribution < -0.4 is 4.74 Å². The Kier molecular flexibility index (Phi) is 3.43. The van der Waals surface area contributed by atoms with Crippen molar-refractivity contribution in [2.45, 2.75) is 12.8 Å². The largest absolute Gasteiger partial charge is 0.456 e. The van der Waals surface area contributed by atoms with Gasteiger partial charge in [0, 0.05) is 18.1 Å². The maximum atomic E-state index is 13.4. The van der Waals surface area contributed by atoms with Gasteiger partial charge < -0.3 is 4.74 Å². The Morgan fingerprint density at radius 1 is 1.23 bits per heavy atom. The van der Waals surface area contributed by atoms with Gasteiger partial charge in [0.25, 0.3) is 0 Å². The number of nitrogens with zero attached hydrogens (tertiary/aromatic N) is 1. The number of halogens is 1. The number of carbonyl (C=O) groups is 2. The van der Waals surface area contributed by atoms with E-state index < -0.39 is 5.82 Å². The Morgan fingerprint density at radius 2 is 2.05 bits per heavy atom. The topological polar surface area (TPSA) is 67.2 Å². The first-order valence-corrected chi connectivity index (χ1v) is 6.65. The molecule has 0 heterocycles. The molecule has 108 valence electrons. The number of carbonyl (C=O) groups excluding carboxylic acids is 2. The molecule has 0 saturated carbocycles. The van der Waals surface area contributed by atoms with E-state index in [4.69, 9.17) is 10.00 Å². The second kappa shape index (κ2) is 5.41. The number of fused-ring (bicyclic) bond motifs is 1. The number of ether oxygens (including phenoxy) is 1. The molecule has 1 aliphatic rings. The Hall–Kier alpha value is -3.00. The van der Waals surface area contributed by atoms with Crippen LogP contribution in [0.2, 0.25) is 0 Å². The molecular weight excluding hydrogens is 285 g/mol. The summed E-state index contributed by atoms with van der Waals surface area (Å²) >= 11 is 0. The molecule has 0 bridgehead atoms. The summed E-state index contributed by atoms with van der Waals surface area (Å²) in [5.41, 5.74) is 1.62. The number of rotatable bonds is 3. The minimum absolute atomic E-state index is 0.00201. The van der Waals surface area contributed by atoms with Gasteiger partial charge in [0.1, 0.15) is 17.3 Å². The summed E-state index contributed by atoms with van der Waals surface area (Å²) in [4.78, 5) is 23.0. The molecule has 0 fully saturated rings. The van der Waals surface area contributed by atoms with Gasteiger partial charge in [0.2, 0.25) is 0 Å². The third kappa shape index (κ3) is 2.35. The van der Waals surface area contributed by atoms with E-state index in [2.05, 4.69) is 0 Å². The summed E-state index contributed by atoms with van der Waals surface area (Å²) < 4.78 is 19.0. The summed E-state index contributed by atoms with van der Waals surface area (Å²) in [6, 6.07) is 8.57. The first-order chi connectivity index (χ1) is 10.6. The third-order valence-corrected chi connectivity index (χ3v) is 3.57. The van der Waals surface area contributed by atoms with E-state index in [1.54, 1.807) is 6.07 Å². The summed E-state index contributed by atoms with van der Waals surface area (Å²) in [6.07, 6.45) is 1.50. The Bertz CT molecular complexity index is 837. The highest BCUT2D eigenvalue weighted by Crippen LogP contribution is 2.33. The van der Waals surface area contributed by atoms with Crippen LogP contribution in [0.25, 0.3) is 0 Å². The fraction of sp³-hybridized carbons (Fsp3) is 0.118. The summed E-state index contributed by atoms with van der Waals surface area (Å²) in [5, 5.41) is 8.84. The average molecular weight is 295 g/mol. The molecule has 0 spiro atoms. The number of Topliss-reactive ketones (excluding diaryl/α,β-unsaturated/α-hetero) is 1. The van der Waals surface area contributed by atoms with Crippen molar-refractivity contribution in [3.8, 4) is 17.6 Å². The van der Waals surface area contributed by atoms with Gasteiger partial charge in [-0.15, -0.1) is 0 Å². The maximum absolute atomic E-state index is 13.4. The van der Waals surface area contributed by atoms with Crippen molar-refractivity contribution < 1.29 is 18.7 Å². The molecule has 4 nitrogen and oxygen atoms in total. The van der Waals surface area contributed by atoms with E-state index in [0.717, 1.165) is 12.1 Å². The molecule has 1 aliphatic carbocycles. The van der Waals surface area contributed by atoms with Crippen molar-refractivity contribution >= 4 is 12.1 Å². The van der Waals surface area contributed by atoms with Crippen LogP contribution in [0, 0.1) is 17.1 Å². The number of nitriles is 1. The van der Waals surface area contributed by atoms with Crippen LogP contribution in [0.15, 0.2) is 30.3 Å². The van der Waals surface area contributed by atoms with Crippen LogP contribution in [-0.4, -0.2) is 12.1 Å². The van der Waals surface area contributed by atoms with Crippen LogP contribution in [0.4, 0.5) is 4.39 Å². The summed E-state index contributed by atoms with van der Waals surface area (Å²) in [6.45, 7) is 0. The van der Waals surface area contributed by atoms with Gasteiger partial charge in [0.15, 0.2) is 12.1 Å². The number of hydrogen-bond acceptors (Lipinski definition) is 4. The van der Waals surface area contributed by atoms with Gasteiger partial charge in [0.05, 0.1) is 17.2 Å². The van der Waals surface area contributed by atoms with Crippen molar-refractivity contribution in [1.82, 2.24) is 0 Å². The van der Waals surface area contributed by atoms with Gasteiger partial charge in [-0.05, 0) is 36.2 Å². The van der Waals surface area contributed by atoms with Crippen LogP contribution in [0.1, 0.15) is 38.3 Å². The molecule has 0 amide bonds. The SMILES string of the molecule is N#Cc1cc(F)cc(Oc2ccc3c(c2C=O)CCC3=O)c1. The van der Waals surface area contributed by atoms with Crippen molar-refractivity contribution in [1.29, 1.82) is 5.26 Å². The fourth-order valence-electron chi connectivity index (χ4n) is 2.58. The molecule has 0 atom stereocenters. The highest BCUT2D eigenvalue weighted by atomic mass is 19.1. The first kappa shape index (κ1) is 14.0. The number of ketones is 1. The van der Waals surface area contributed by atoms with Crippen molar-refractivity contribution in [2.24, 2.45) is 0 Å². The van der Waals surface area contributed by atoms with Crippen LogP contribution >= 0.6 is 0 Å². The molecule has 2 aromatic carbocycles. The Balaban J connectivity index is 2.04. The molecule has 0 radical (unpaired) electrons. The lowest BCUT2D eigenvalue weighted by Gasteiger charge is -2.11. The highest BCUT2D eigenvalue weighted by Gasteiger charge is 2.24. The molecule has 0 unspecified atom stereocenters. The molecule has 5 heteroatoms. The molecular formula is C17H10FNO3. The quantitative estimate of drug-likeness (QED) is 0.814. The summed E-state index contributed by atoms with van der Waals surface area (Å²) in [5.74, 6) is -0.220. The second-order valence-electron chi connectivity index (χ2n) is 4.93. The lowest BCUT2D eigenvalue weighted by Crippen LogP contribution is -1.98. The van der Waals surface area contributed by atoms with E-state index in [-0.39, 0.29) is 22.8 Å². The molecule has 0 aromatic heterocycles. The van der Waals surface area contributed by atoms with Crippen LogP contribution in [0.5, 0.6) is 11.5 Å². The molecule has 0 N–H and O–H groups in total. The molecule has 0 saturated heterocycles. The zero-order chi connectivity index (χ0) is 15.7. The van der Waals surface area contributed by atoms with Gasteiger partial charge in [-0.2, -0.15) is 5.26 Å². The number of benzene rings is 2. The van der Waals surface area contributed by atoms with E-state index in [9.17, 15) is 14.0 Å². The lowest BCUT2D eigenvalue weighted by molar-refractivity contribution is 0.0994. The van der Waals surface area contributed by atoms with E-state index >= 15 is 0 Å². The minimum Gasteiger partial charge on any atom is -0.456 e. The minimum atomic E-state index is -0.599. The second-order valence-corrected chi connectivity index (χ2v) is 4.93. The van der Waals surface area contributed by atoms with Crippen LogP contribution in [0.3, 0.4) is 0 Å². The van der Waals surface area contributed by atoms with Crippen molar-refractivity contribution in [2.75, 3.05) is 0 Å². The predicted octanol–water partition coefficient (Wildman–Crippen LogP) is 3.43. The number of hydrogen-bond donors (Lipinski definition) is 0. The van der Waals surface area contributed by atoms with Crippen molar-refractivity contribution in [3.63, 3.8) is 0 Å². The molecule has 3 rings (SSSR count). The van der Waals surface area contributed by atoms with Crippen molar-refractivity contribution in [3.05, 3.63) is 58.4 Å². The van der Waals surface area contributed by atoms with Crippen LogP contribution in [-0.2, 0) is 6.42 Å². The van der Waals surface area contributed by atoms with Gasteiger partial charge in [-0.25, -0.2) is 4.39 Å². The lowest BCUT2D eigenvalue weighted by atomic mass is 10.0. The maximum Gasteiger partial charge on any atom is 0.163 e. The van der Waals surface area contributed by atoms with Gasteiger partial charge >= 0.3 is 0 Å². The van der Waals surface area contributed by atoms with E-state index in [1.165, 1.54) is 12.1 Å².